The van der Waals surface area contributed by atoms with Gasteiger partial charge in [0.25, 0.3) is 0 Å². The van der Waals surface area contributed by atoms with Gasteiger partial charge in [-0.3, -0.25) is 0 Å². The van der Waals surface area contributed by atoms with Crippen molar-refractivity contribution in [3.63, 3.8) is 0 Å². The highest BCUT2D eigenvalue weighted by atomic mass is 16.5. The Bertz CT molecular complexity index is 1170. The number of carbonyl (C=O) groups is 4. The van der Waals surface area contributed by atoms with E-state index >= 15 is 0 Å². The summed E-state index contributed by atoms with van der Waals surface area (Å²) in [5, 5.41) is 9.58. The van der Waals surface area contributed by atoms with Gasteiger partial charge in [-0.05, 0) is 24.1 Å². The minimum absolute atomic E-state index is 0.0140. The summed E-state index contributed by atoms with van der Waals surface area (Å²) in [5.41, 5.74) is 0.620. The molecular formula is C22H20N2O8. The summed E-state index contributed by atoms with van der Waals surface area (Å²) < 4.78 is 19.8. The van der Waals surface area contributed by atoms with Crippen molar-refractivity contribution in [1.82, 2.24) is 4.57 Å². The van der Waals surface area contributed by atoms with Crippen LogP contribution in [0.25, 0.3) is 12.2 Å². The zero-order chi connectivity index (χ0) is 24.0. The molecule has 0 N–H and O–H groups in total. The highest BCUT2D eigenvalue weighted by Crippen LogP contribution is 2.25. The van der Waals surface area contributed by atoms with Crippen LogP contribution < -0.4 is 0 Å². The maximum Gasteiger partial charge on any atom is 0.418 e. The standard InChI is InChI=1S/C22H20N2O8/c1-12-8-13(18(21(27)31-4)15(9-12)19(25)29-2)6-7-14-16(20(26)30-3)11-24(17(14)10-23)22(28)32-5/h6-9,11H,1-5H3/b7-6-. The van der Waals surface area contributed by atoms with Crippen molar-refractivity contribution in [3.05, 3.63) is 57.4 Å². The van der Waals surface area contributed by atoms with E-state index in [1.54, 1.807) is 13.0 Å². The van der Waals surface area contributed by atoms with Crippen LogP contribution in [0.5, 0.6) is 0 Å². The summed E-state index contributed by atoms with van der Waals surface area (Å²) in [6.07, 6.45) is 3.00. The van der Waals surface area contributed by atoms with Gasteiger partial charge in [0, 0.05) is 11.8 Å². The van der Waals surface area contributed by atoms with Gasteiger partial charge in [-0.15, -0.1) is 0 Å². The molecule has 0 unspecified atom stereocenters. The normalized spacial score (nSPS) is 10.4. The summed E-state index contributed by atoms with van der Waals surface area (Å²) in [5.74, 6) is -2.32. The SMILES string of the molecule is COC(=O)c1cn(C(=O)OC)c(C#N)c1/C=C\c1cc(C)cc(C(=O)OC)c1C(=O)OC. The molecule has 2 aromatic rings. The number of hydrogen-bond donors (Lipinski definition) is 0. The maximum atomic E-state index is 12.4. The predicted octanol–water partition coefficient (Wildman–Crippen LogP) is 2.81. The van der Waals surface area contributed by atoms with E-state index in [-0.39, 0.29) is 33.5 Å². The number of nitriles is 1. The molecule has 0 aliphatic heterocycles. The Labute approximate surface area is 183 Å². The first kappa shape index (κ1) is 23.9. The molecule has 0 fully saturated rings. The number of aromatic nitrogens is 1. The first-order valence-corrected chi connectivity index (χ1v) is 9.05. The number of esters is 3. The molecule has 2 rings (SSSR count). The van der Waals surface area contributed by atoms with Gasteiger partial charge in [0.1, 0.15) is 11.8 Å². The second-order valence-corrected chi connectivity index (χ2v) is 6.34. The third-order valence-electron chi connectivity index (χ3n) is 4.46. The van der Waals surface area contributed by atoms with Gasteiger partial charge in [-0.1, -0.05) is 18.2 Å². The van der Waals surface area contributed by atoms with Crippen LogP contribution >= 0.6 is 0 Å². The van der Waals surface area contributed by atoms with E-state index in [0.717, 1.165) is 32.1 Å². The van der Waals surface area contributed by atoms with E-state index in [0.29, 0.717) is 5.56 Å². The van der Waals surface area contributed by atoms with Crippen molar-refractivity contribution >= 4 is 36.2 Å². The molecule has 1 aromatic carbocycles. The molecule has 0 aliphatic carbocycles. The van der Waals surface area contributed by atoms with Crippen LogP contribution in [0, 0.1) is 18.3 Å². The van der Waals surface area contributed by atoms with E-state index in [4.69, 9.17) is 14.2 Å². The smallest absolute Gasteiger partial charge is 0.418 e. The van der Waals surface area contributed by atoms with E-state index < -0.39 is 24.0 Å². The van der Waals surface area contributed by atoms with Crippen LogP contribution in [0.2, 0.25) is 0 Å². The number of aryl methyl sites for hydroxylation is 1. The topological polar surface area (TPSA) is 134 Å². The largest absolute Gasteiger partial charge is 0.465 e. The second-order valence-electron chi connectivity index (χ2n) is 6.34. The van der Waals surface area contributed by atoms with Crippen molar-refractivity contribution in [1.29, 1.82) is 5.26 Å². The number of hydrogen-bond acceptors (Lipinski definition) is 9. The monoisotopic (exact) mass is 440 g/mol. The summed E-state index contributed by atoms with van der Waals surface area (Å²) in [6, 6.07) is 4.93. The summed E-state index contributed by atoms with van der Waals surface area (Å²) >= 11 is 0. The van der Waals surface area contributed by atoms with Gasteiger partial charge in [0.15, 0.2) is 0 Å². The van der Waals surface area contributed by atoms with Crippen LogP contribution in [0.3, 0.4) is 0 Å². The minimum atomic E-state index is -0.884. The molecule has 1 aromatic heterocycles. The molecule has 32 heavy (non-hydrogen) atoms. The highest BCUT2D eigenvalue weighted by molar-refractivity contribution is 6.06. The third-order valence-corrected chi connectivity index (χ3v) is 4.46. The van der Waals surface area contributed by atoms with Crippen LogP contribution in [-0.4, -0.2) is 57.0 Å². The Kier molecular flexibility index (Phi) is 7.52. The van der Waals surface area contributed by atoms with Gasteiger partial charge in [0.05, 0.1) is 45.1 Å². The molecule has 0 saturated carbocycles. The summed E-state index contributed by atoms with van der Waals surface area (Å²) in [6.45, 7) is 1.71. The molecule has 0 radical (unpaired) electrons. The van der Waals surface area contributed by atoms with E-state index in [1.165, 1.54) is 25.3 Å². The van der Waals surface area contributed by atoms with Crippen molar-refractivity contribution in [3.8, 4) is 6.07 Å². The first-order chi connectivity index (χ1) is 15.2. The van der Waals surface area contributed by atoms with Gasteiger partial charge < -0.3 is 18.9 Å². The molecular weight excluding hydrogens is 420 g/mol. The molecule has 166 valence electrons. The Morgan fingerprint density at radius 2 is 1.47 bits per heavy atom. The van der Waals surface area contributed by atoms with Crippen LogP contribution in [0.15, 0.2) is 18.3 Å². The lowest BCUT2D eigenvalue weighted by Crippen LogP contribution is -2.14. The van der Waals surface area contributed by atoms with Crippen molar-refractivity contribution in [2.45, 2.75) is 6.92 Å². The number of carbonyl (C=O) groups excluding carboxylic acids is 4. The molecule has 0 aliphatic rings. The lowest BCUT2D eigenvalue weighted by atomic mass is 9.96. The lowest BCUT2D eigenvalue weighted by Gasteiger charge is -2.11. The molecule has 0 saturated heterocycles. The quantitative estimate of drug-likeness (QED) is 0.508. The highest BCUT2D eigenvalue weighted by Gasteiger charge is 2.25. The Morgan fingerprint density at radius 1 is 0.875 bits per heavy atom. The molecule has 1 heterocycles. The summed E-state index contributed by atoms with van der Waals surface area (Å²) in [7, 11) is 4.62. The van der Waals surface area contributed by atoms with E-state index in [2.05, 4.69) is 4.74 Å². The fourth-order valence-corrected chi connectivity index (χ4v) is 3.04. The fraction of sp³-hybridized carbons (Fsp3) is 0.227. The molecule has 10 nitrogen and oxygen atoms in total. The Balaban J connectivity index is 2.79. The predicted molar refractivity (Wildman–Crippen MR) is 111 cm³/mol. The number of benzene rings is 1. The average Bonchev–Trinajstić information content (AvgIpc) is 3.18. The van der Waals surface area contributed by atoms with Crippen LogP contribution in [0.4, 0.5) is 4.79 Å². The minimum Gasteiger partial charge on any atom is -0.465 e. The average molecular weight is 440 g/mol. The van der Waals surface area contributed by atoms with Crippen molar-refractivity contribution in [2.24, 2.45) is 0 Å². The number of rotatable bonds is 5. The molecule has 0 amide bonds. The van der Waals surface area contributed by atoms with Gasteiger partial charge >= 0.3 is 24.0 Å². The second kappa shape index (κ2) is 10.1. The number of methoxy groups -OCH3 is 4. The third kappa shape index (κ3) is 4.52. The van der Waals surface area contributed by atoms with Crippen LogP contribution in [0.1, 0.15) is 53.5 Å². The molecule has 10 heteroatoms. The Hall–Kier alpha value is -4.39. The van der Waals surface area contributed by atoms with E-state index in [1.807, 2.05) is 6.07 Å². The molecule has 0 atom stereocenters. The summed E-state index contributed by atoms with van der Waals surface area (Å²) in [4.78, 5) is 48.9. The van der Waals surface area contributed by atoms with Crippen molar-refractivity contribution < 1.29 is 38.1 Å². The van der Waals surface area contributed by atoms with E-state index in [9.17, 15) is 24.4 Å². The number of nitrogens with zero attached hydrogens (tertiary/aromatic N) is 2. The van der Waals surface area contributed by atoms with Crippen LogP contribution in [-0.2, 0) is 18.9 Å². The molecule has 0 bridgehead atoms. The first-order valence-electron chi connectivity index (χ1n) is 9.05. The van der Waals surface area contributed by atoms with Gasteiger partial charge in [-0.25, -0.2) is 23.7 Å². The van der Waals surface area contributed by atoms with Gasteiger partial charge in [0.2, 0.25) is 0 Å². The fourth-order valence-electron chi connectivity index (χ4n) is 3.04. The Morgan fingerprint density at radius 3 is 2.00 bits per heavy atom. The zero-order valence-corrected chi connectivity index (χ0v) is 18.0. The maximum absolute atomic E-state index is 12.4. The number of ether oxygens (including phenoxy) is 4. The lowest BCUT2D eigenvalue weighted by molar-refractivity contribution is 0.0555. The zero-order valence-electron chi connectivity index (χ0n) is 18.0. The van der Waals surface area contributed by atoms with Crippen molar-refractivity contribution in [2.75, 3.05) is 28.4 Å². The molecule has 0 spiro atoms. The van der Waals surface area contributed by atoms with Gasteiger partial charge in [-0.2, -0.15) is 5.26 Å².